The van der Waals surface area contributed by atoms with E-state index in [9.17, 15) is 19.6 Å². The third-order valence-corrected chi connectivity index (χ3v) is 5.54. The highest BCUT2D eigenvalue weighted by atomic mass is 16.6. The molecule has 0 N–H and O–H groups in total. The van der Waals surface area contributed by atoms with Crippen LogP contribution in [-0.2, 0) is 29.1 Å². The maximum atomic E-state index is 13.0. The molecule has 2 saturated heterocycles. The number of rotatable bonds is 5. The van der Waals surface area contributed by atoms with E-state index in [0.29, 0.717) is 32.6 Å². The van der Waals surface area contributed by atoms with E-state index in [1.807, 2.05) is 32.6 Å². The molecule has 1 amide bonds. The zero-order valence-corrected chi connectivity index (χ0v) is 16.8. The fourth-order valence-electron chi connectivity index (χ4n) is 3.92. The highest BCUT2D eigenvalue weighted by Gasteiger charge is 2.56. The van der Waals surface area contributed by atoms with Crippen LogP contribution < -0.4 is 0 Å². The second-order valence-corrected chi connectivity index (χ2v) is 8.36. The van der Waals surface area contributed by atoms with Gasteiger partial charge in [0.1, 0.15) is 0 Å². The van der Waals surface area contributed by atoms with Crippen molar-refractivity contribution in [2.24, 2.45) is 5.92 Å². The van der Waals surface area contributed by atoms with Crippen LogP contribution in [0.1, 0.15) is 34.1 Å². The second kappa shape index (κ2) is 8.12. The minimum atomic E-state index is -0.741. The van der Waals surface area contributed by atoms with Crippen LogP contribution in [0.15, 0.2) is 0 Å². The number of hydrogen-bond acceptors (Lipinski definition) is 7. The monoisotopic (exact) mass is 384 g/mol. The number of nitrogens with zero attached hydrogens (tertiary/aromatic N) is 3. The van der Waals surface area contributed by atoms with Gasteiger partial charge in [-0.25, -0.2) is 4.79 Å². The van der Waals surface area contributed by atoms with Gasteiger partial charge in [0.25, 0.3) is 0 Å². The molecule has 153 valence electrons. The number of hydrogen-bond donors (Lipinski definition) is 0. The van der Waals surface area contributed by atoms with Crippen molar-refractivity contribution in [3.05, 3.63) is 0 Å². The Labute approximate surface area is 160 Å². The molecule has 1 atom stereocenters. The molecular weight excluding hydrogens is 354 g/mol. The molecule has 9 heteroatoms. The molecule has 0 bridgehead atoms. The standard InChI is InChI=1S/C18H30N3O6/c1-17(2)10-13(18(3,4)21(17)25)16(24)20-8-6-19(7-9-20)11-14(22)27-12-15(23)26-5/h13H,6-12H2,1-5H3. The number of ether oxygens (including phenoxy) is 2. The van der Waals surface area contributed by atoms with E-state index in [-0.39, 0.29) is 18.4 Å². The molecule has 1 unspecified atom stereocenters. The Morgan fingerprint density at radius 1 is 1.00 bits per heavy atom. The van der Waals surface area contributed by atoms with Gasteiger partial charge in [0.05, 0.1) is 25.1 Å². The van der Waals surface area contributed by atoms with Crippen molar-refractivity contribution in [3.8, 4) is 0 Å². The normalized spacial score (nSPS) is 25.3. The molecule has 2 aliphatic rings. The van der Waals surface area contributed by atoms with Crippen molar-refractivity contribution < 1.29 is 29.1 Å². The molecule has 0 spiro atoms. The Morgan fingerprint density at radius 3 is 2.07 bits per heavy atom. The molecule has 0 aromatic carbocycles. The first kappa shape index (κ1) is 21.6. The van der Waals surface area contributed by atoms with Crippen LogP contribution in [0.4, 0.5) is 0 Å². The summed E-state index contributed by atoms with van der Waals surface area (Å²) >= 11 is 0. The number of amides is 1. The fraction of sp³-hybridized carbons (Fsp3) is 0.833. The van der Waals surface area contributed by atoms with Crippen LogP contribution in [0.3, 0.4) is 0 Å². The predicted molar refractivity (Wildman–Crippen MR) is 94.8 cm³/mol. The first-order chi connectivity index (χ1) is 12.5. The van der Waals surface area contributed by atoms with Gasteiger partial charge < -0.3 is 14.4 Å². The number of hydroxylamine groups is 2. The quantitative estimate of drug-likeness (QED) is 0.619. The average molecular weight is 384 g/mol. The topological polar surface area (TPSA) is 99.3 Å². The third kappa shape index (κ3) is 4.77. The van der Waals surface area contributed by atoms with E-state index in [0.717, 1.165) is 5.06 Å². The summed E-state index contributed by atoms with van der Waals surface area (Å²) in [6, 6.07) is 0. The molecular formula is C18H30N3O6. The van der Waals surface area contributed by atoms with Crippen molar-refractivity contribution >= 4 is 17.8 Å². The van der Waals surface area contributed by atoms with Gasteiger partial charge in [0.2, 0.25) is 5.91 Å². The number of methoxy groups -OCH3 is 1. The molecule has 1 radical (unpaired) electrons. The van der Waals surface area contributed by atoms with E-state index in [4.69, 9.17) is 4.74 Å². The van der Waals surface area contributed by atoms with Gasteiger partial charge in [-0.05, 0) is 34.1 Å². The van der Waals surface area contributed by atoms with Crippen LogP contribution in [0.25, 0.3) is 0 Å². The zero-order valence-electron chi connectivity index (χ0n) is 16.8. The maximum absolute atomic E-state index is 13.0. The summed E-state index contributed by atoms with van der Waals surface area (Å²) in [6.07, 6.45) is 0.530. The van der Waals surface area contributed by atoms with E-state index in [2.05, 4.69) is 4.74 Å². The molecule has 2 aliphatic heterocycles. The predicted octanol–water partition coefficient (Wildman–Crippen LogP) is 0.0714. The minimum Gasteiger partial charge on any atom is -0.466 e. The number of esters is 2. The van der Waals surface area contributed by atoms with E-state index in [1.165, 1.54) is 7.11 Å². The van der Waals surface area contributed by atoms with Gasteiger partial charge in [0, 0.05) is 31.7 Å². The smallest absolute Gasteiger partial charge is 0.344 e. The van der Waals surface area contributed by atoms with Gasteiger partial charge >= 0.3 is 11.9 Å². The summed E-state index contributed by atoms with van der Waals surface area (Å²) in [5.41, 5.74) is -1.30. The minimum absolute atomic E-state index is 0.000609. The second-order valence-electron chi connectivity index (χ2n) is 8.36. The zero-order chi connectivity index (χ0) is 20.4. The van der Waals surface area contributed by atoms with Crippen molar-refractivity contribution in [1.29, 1.82) is 0 Å². The summed E-state index contributed by atoms with van der Waals surface area (Å²) in [5.74, 6) is -1.45. The maximum Gasteiger partial charge on any atom is 0.344 e. The first-order valence-corrected chi connectivity index (χ1v) is 9.20. The average Bonchev–Trinajstić information content (AvgIpc) is 2.79. The van der Waals surface area contributed by atoms with Crippen molar-refractivity contribution in [1.82, 2.24) is 14.9 Å². The molecule has 2 heterocycles. The molecule has 0 saturated carbocycles. The van der Waals surface area contributed by atoms with Crippen LogP contribution >= 0.6 is 0 Å². The Hall–Kier alpha value is -1.71. The lowest BCUT2D eigenvalue weighted by Crippen LogP contribution is -2.54. The lowest BCUT2D eigenvalue weighted by Gasteiger charge is -2.38. The van der Waals surface area contributed by atoms with E-state index in [1.54, 1.807) is 4.90 Å². The summed E-state index contributed by atoms with van der Waals surface area (Å²) in [6.45, 7) is 9.12. The first-order valence-electron chi connectivity index (χ1n) is 9.20. The highest BCUT2D eigenvalue weighted by molar-refractivity contribution is 5.81. The SMILES string of the molecule is COC(=O)COC(=O)CN1CCN(C(=O)C2CC(C)(C)N([O])C2(C)C)CC1. The van der Waals surface area contributed by atoms with Crippen LogP contribution in [-0.4, -0.2) is 90.2 Å². The Morgan fingerprint density at radius 2 is 1.59 bits per heavy atom. The lowest BCUT2D eigenvalue weighted by atomic mass is 9.85. The molecule has 0 aliphatic carbocycles. The van der Waals surface area contributed by atoms with Gasteiger partial charge in [-0.3, -0.25) is 14.5 Å². The van der Waals surface area contributed by atoms with E-state index < -0.39 is 29.6 Å². The molecule has 0 aromatic rings. The molecule has 2 rings (SSSR count). The van der Waals surface area contributed by atoms with Gasteiger partial charge in [-0.1, -0.05) is 0 Å². The summed E-state index contributed by atoms with van der Waals surface area (Å²) in [4.78, 5) is 39.4. The van der Waals surface area contributed by atoms with Gasteiger partial charge in [-0.15, -0.1) is 10.3 Å². The summed E-state index contributed by atoms with van der Waals surface area (Å²) in [5, 5.41) is 13.6. The Kier molecular flexibility index (Phi) is 6.49. The number of carbonyl (C=O) groups excluding carboxylic acids is 3. The van der Waals surface area contributed by atoms with Crippen LogP contribution in [0, 0.1) is 5.92 Å². The highest BCUT2D eigenvalue weighted by Crippen LogP contribution is 2.44. The fourth-order valence-corrected chi connectivity index (χ4v) is 3.92. The molecule has 27 heavy (non-hydrogen) atoms. The number of carbonyl (C=O) groups is 3. The van der Waals surface area contributed by atoms with Crippen LogP contribution in [0.2, 0.25) is 0 Å². The lowest BCUT2D eigenvalue weighted by molar-refractivity contribution is -0.248. The van der Waals surface area contributed by atoms with Gasteiger partial charge in [-0.2, -0.15) is 0 Å². The Balaban J connectivity index is 1.84. The van der Waals surface area contributed by atoms with Crippen molar-refractivity contribution in [2.45, 2.75) is 45.2 Å². The van der Waals surface area contributed by atoms with Crippen molar-refractivity contribution in [3.63, 3.8) is 0 Å². The van der Waals surface area contributed by atoms with Crippen molar-refractivity contribution in [2.75, 3.05) is 46.4 Å². The molecule has 0 aromatic heterocycles. The van der Waals surface area contributed by atoms with Gasteiger partial charge in [0.15, 0.2) is 6.61 Å². The number of piperazine rings is 1. The largest absolute Gasteiger partial charge is 0.466 e. The molecule has 2 fully saturated rings. The van der Waals surface area contributed by atoms with E-state index >= 15 is 0 Å². The third-order valence-electron chi connectivity index (χ3n) is 5.54. The summed E-state index contributed by atoms with van der Waals surface area (Å²) in [7, 11) is 1.23. The molecule has 9 nitrogen and oxygen atoms in total. The summed E-state index contributed by atoms with van der Waals surface area (Å²) < 4.78 is 9.26. The Bertz CT molecular complexity index is 584. The van der Waals surface area contributed by atoms with Crippen LogP contribution in [0.5, 0.6) is 0 Å².